The van der Waals surface area contributed by atoms with E-state index in [-0.39, 0.29) is 16.5 Å². The molecule has 2 aliphatic rings. The Bertz CT molecular complexity index is 818. The third-order valence-corrected chi connectivity index (χ3v) is 6.20. The highest BCUT2D eigenvalue weighted by Crippen LogP contribution is 2.39. The van der Waals surface area contributed by atoms with Gasteiger partial charge in [-0.1, -0.05) is 58.3 Å². The number of nitrogens with zero attached hydrogens (tertiary/aromatic N) is 1. The molecule has 2 saturated carbocycles. The first-order valence-corrected chi connectivity index (χ1v) is 10.3. The van der Waals surface area contributed by atoms with Crippen LogP contribution in [0, 0.1) is 17.8 Å². The van der Waals surface area contributed by atoms with Crippen molar-refractivity contribution < 1.29 is 4.79 Å². The van der Waals surface area contributed by atoms with E-state index in [1.54, 1.807) is 31.7 Å². The molecule has 2 atom stereocenters. The summed E-state index contributed by atoms with van der Waals surface area (Å²) in [6.45, 7) is 2.45. The Kier molecular flexibility index (Phi) is 6.64. The number of H-pyrrole nitrogens is 1. The van der Waals surface area contributed by atoms with Gasteiger partial charge in [0.15, 0.2) is 5.43 Å². The zero-order valence-electron chi connectivity index (χ0n) is 16.2. The van der Waals surface area contributed by atoms with Crippen LogP contribution in [0.2, 0.25) is 0 Å². The van der Waals surface area contributed by atoms with Crippen LogP contribution in [0.3, 0.4) is 0 Å². The summed E-state index contributed by atoms with van der Waals surface area (Å²) in [5.74, 6) is 2.56. The molecule has 4 rings (SSSR count). The fraction of sp³-hybridized carbons (Fsp3) is 0.591. The van der Waals surface area contributed by atoms with Gasteiger partial charge in [-0.25, -0.2) is 0 Å². The predicted molar refractivity (Wildman–Crippen MR) is 109 cm³/mol. The molecule has 2 aromatic heterocycles. The topological polar surface area (TPSA) is 88.8 Å². The summed E-state index contributed by atoms with van der Waals surface area (Å²) in [4.78, 5) is 29.0. The average molecular weight is 370 g/mol. The smallest absolute Gasteiger partial charge is 0.268 e. The number of carbonyl (C=O) groups excluding carboxylic acids is 1. The molecule has 0 saturated heterocycles. The number of hydrogen-bond acceptors (Lipinski definition) is 3. The van der Waals surface area contributed by atoms with E-state index >= 15 is 0 Å². The highest BCUT2D eigenvalue weighted by atomic mass is 16.1. The Morgan fingerprint density at radius 2 is 1.81 bits per heavy atom. The third-order valence-electron chi connectivity index (χ3n) is 6.20. The molecule has 0 aliphatic heterocycles. The molecule has 2 aliphatic carbocycles. The van der Waals surface area contributed by atoms with Crippen molar-refractivity contribution >= 4 is 16.8 Å². The summed E-state index contributed by atoms with van der Waals surface area (Å²) in [5, 5.41) is 0.238. The molecule has 5 heteroatoms. The summed E-state index contributed by atoms with van der Waals surface area (Å²) in [7, 11) is 0. The Morgan fingerprint density at radius 3 is 2.52 bits per heavy atom. The van der Waals surface area contributed by atoms with Crippen molar-refractivity contribution in [3.05, 3.63) is 40.4 Å². The van der Waals surface area contributed by atoms with E-state index in [0.717, 1.165) is 17.8 Å². The first-order chi connectivity index (χ1) is 13.1. The number of amides is 1. The standard InChI is InChI=1S/C13H24.C9H7N3O2/c1-11-6-5-9-13(10-11)12-7-3-2-4-8-12;10-9(14)8-7-5(1-3-12-8)11-4-2-6(7)13/h11-13H,2-10H2,1H3;1-4H,(H2,10,14)(H,11,13)/t11-,13?;/m0./s1. The van der Waals surface area contributed by atoms with Crippen LogP contribution in [-0.2, 0) is 0 Å². The lowest BCUT2D eigenvalue weighted by atomic mass is 9.71. The number of pyridine rings is 2. The van der Waals surface area contributed by atoms with Crippen molar-refractivity contribution in [3.8, 4) is 0 Å². The molecule has 0 bridgehead atoms. The molecule has 2 heterocycles. The Hall–Kier alpha value is -2.17. The van der Waals surface area contributed by atoms with Crippen molar-refractivity contribution in [2.24, 2.45) is 23.5 Å². The minimum Gasteiger partial charge on any atom is -0.364 e. The maximum atomic E-state index is 11.4. The monoisotopic (exact) mass is 369 g/mol. The number of fused-ring (bicyclic) bond motifs is 1. The second-order valence-corrected chi connectivity index (χ2v) is 8.22. The number of hydrogen-bond donors (Lipinski definition) is 2. The van der Waals surface area contributed by atoms with Crippen LogP contribution >= 0.6 is 0 Å². The zero-order chi connectivity index (χ0) is 19.2. The van der Waals surface area contributed by atoms with Gasteiger partial charge in [-0.3, -0.25) is 14.6 Å². The van der Waals surface area contributed by atoms with Gasteiger partial charge in [-0.2, -0.15) is 0 Å². The van der Waals surface area contributed by atoms with E-state index in [1.165, 1.54) is 50.6 Å². The van der Waals surface area contributed by atoms with Gasteiger partial charge in [0.25, 0.3) is 5.91 Å². The molecule has 27 heavy (non-hydrogen) atoms. The molecular formula is C22H31N3O2. The lowest BCUT2D eigenvalue weighted by molar-refractivity contribution is 0.0997. The van der Waals surface area contributed by atoms with Gasteiger partial charge in [-0.05, 0) is 30.2 Å². The summed E-state index contributed by atoms with van der Waals surface area (Å²) >= 11 is 0. The van der Waals surface area contributed by atoms with Crippen molar-refractivity contribution in [1.82, 2.24) is 9.97 Å². The van der Waals surface area contributed by atoms with Crippen LogP contribution in [0.5, 0.6) is 0 Å². The van der Waals surface area contributed by atoms with Gasteiger partial charge in [-0.15, -0.1) is 0 Å². The summed E-state index contributed by atoms with van der Waals surface area (Å²) in [5.41, 5.74) is 5.39. The Balaban J connectivity index is 0.000000156. The van der Waals surface area contributed by atoms with Gasteiger partial charge in [0.2, 0.25) is 0 Å². The molecule has 3 N–H and O–H groups in total. The van der Waals surface area contributed by atoms with E-state index in [4.69, 9.17) is 5.73 Å². The van der Waals surface area contributed by atoms with Gasteiger partial charge in [0, 0.05) is 18.5 Å². The third kappa shape index (κ3) is 4.96. The number of nitrogens with two attached hydrogens (primary N) is 1. The van der Waals surface area contributed by atoms with E-state index in [2.05, 4.69) is 16.9 Å². The van der Waals surface area contributed by atoms with Crippen molar-refractivity contribution in [3.63, 3.8) is 0 Å². The highest BCUT2D eigenvalue weighted by Gasteiger charge is 2.27. The van der Waals surface area contributed by atoms with E-state index in [9.17, 15) is 9.59 Å². The van der Waals surface area contributed by atoms with Crippen LogP contribution in [0.4, 0.5) is 0 Å². The number of rotatable bonds is 2. The SMILES string of the molecule is C[C@H]1CCCC(C2CCCCC2)C1.NC(=O)c1nccc2[nH]ccc(=O)c12. The highest BCUT2D eigenvalue weighted by molar-refractivity contribution is 6.03. The van der Waals surface area contributed by atoms with Crippen LogP contribution < -0.4 is 11.2 Å². The number of carbonyl (C=O) groups is 1. The number of nitrogens with one attached hydrogen (secondary N) is 1. The van der Waals surface area contributed by atoms with Crippen LogP contribution in [-0.4, -0.2) is 15.9 Å². The average Bonchev–Trinajstić information content (AvgIpc) is 2.69. The van der Waals surface area contributed by atoms with E-state index in [1.807, 2.05) is 0 Å². The van der Waals surface area contributed by atoms with Gasteiger partial charge in [0.1, 0.15) is 5.69 Å². The fourth-order valence-electron chi connectivity index (χ4n) is 4.82. The predicted octanol–water partition coefficient (Wildman–Crippen LogP) is 4.42. The quantitative estimate of drug-likeness (QED) is 0.821. The second kappa shape index (κ2) is 9.16. The summed E-state index contributed by atoms with van der Waals surface area (Å²) < 4.78 is 0. The molecule has 2 fully saturated rings. The normalized spacial score (nSPS) is 23.4. The van der Waals surface area contributed by atoms with Crippen LogP contribution in [0.15, 0.2) is 29.3 Å². The van der Waals surface area contributed by atoms with Crippen molar-refractivity contribution in [1.29, 1.82) is 0 Å². The van der Waals surface area contributed by atoms with E-state index in [0.29, 0.717) is 5.52 Å². The maximum absolute atomic E-state index is 11.4. The minimum atomic E-state index is -0.702. The second-order valence-electron chi connectivity index (χ2n) is 8.22. The van der Waals surface area contributed by atoms with Gasteiger partial charge >= 0.3 is 0 Å². The van der Waals surface area contributed by atoms with Gasteiger partial charge < -0.3 is 10.7 Å². The van der Waals surface area contributed by atoms with Crippen molar-refractivity contribution in [2.75, 3.05) is 0 Å². The molecular weight excluding hydrogens is 338 g/mol. The van der Waals surface area contributed by atoms with Crippen molar-refractivity contribution in [2.45, 2.75) is 64.7 Å². The van der Waals surface area contributed by atoms with Gasteiger partial charge in [0.05, 0.1) is 10.9 Å². The molecule has 1 unspecified atom stereocenters. The molecule has 5 nitrogen and oxygen atoms in total. The Morgan fingerprint density at radius 1 is 1.07 bits per heavy atom. The summed E-state index contributed by atoms with van der Waals surface area (Å²) in [6.07, 6.45) is 16.7. The lowest BCUT2D eigenvalue weighted by Gasteiger charge is -2.35. The summed E-state index contributed by atoms with van der Waals surface area (Å²) in [6, 6.07) is 2.94. The van der Waals surface area contributed by atoms with Crippen LogP contribution in [0.1, 0.15) is 75.2 Å². The number of primary amides is 1. The molecule has 146 valence electrons. The van der Waals surface area contributed by atoms with Crippen LogP contribution in [0.25, 0.3) is 10.9 Å². The Labute approximate surface area is 160 Å². The fourth-order valence-corrected chi connectivity index (χ4v) is 4.82. The minimum absolute atomic E-state index is 0.00403. The van der Waals surface area contributed by atoms with E-state index < -0.39 is 5.91 Å². The molecule has 1 amide bonds. The lowest BCUT2D eigenvalue weighted by Crippen LogP contribution is -2.23. The molecule has 0 radical (unpaired) electrons. The first kappa shape index (κ1) is 19.6. The molecule has 0 aromatic carbocycles. The largest absolute Gasteiger partial charge is 0.364 e. The maximum Gasteiger partial charge on any atom is 0.268 e. The number of aromatic nitrogens is 2. The molecule has 0 spiro atoms. The zero-order valence-corrected chi connectivity index (χ0v) is 16.2. The first-order valence-electron chi connectivity index (χ1n) is 10.3. The number of aromatic amines is 1. The molecule has 2 aromatic rings.